The second-order valence-electron chi connectivity index (χ2n) is 6.40. The molecule has 6 nitrogen and oxygen atoms in total. The number of anilines is 1. The number of fused-ring (bicyclic) bond motifs is 1. The van der Waals surface area contributed by atoms with Gasteiger partial charge < -0.3 is 4.90 Å². The molecule has 0 amide bonds. The van der Waals surface area contributed by atoms with Gasteiger partial charge in [0, 0.05) is 36.6 Å². The minimum absolute atomic E-state index is 0.0452. The number of carbonyl (C=O) groups excluding carboxylic acids is 1. The number of carbonyl (C=O) groups is 1. The molecule has 0 radical (unpaired) electrons. The van der Waals surface area contributed by atoms with Crippen LogP contribution in [0.25, 0.3) is 5.95 Å². The minimum Gasteiger partial charge on any atom is -0.343 e. The van der Waals surface area contributed by atoms with E-state index >= 15 is 0 Å². The quantitative estimate of drug-likeness (QED) is 0.870. The molecule has 1 aliphatic carbocycles. The van der Waals surface area contributed by atoms with Gasteiger partial charge in [-0.25, -0.2) is 9.97 Å². The zero-order chi connectivity index (χ0) is 15.8. The minimum atomic E-state index is -0.0452. The standard InChI is InChI=1S/C17H21N5O/c1-2-14-15(23)9-12-10-19-17(21-8-7-18-11-21)20-16(12)22(14)13-5-3-4-6-13/h7-8,10-11,13-14H,2-6,9H2,1H3/t14-/m1/s1. The second-order valence-corrected chi connectivity index (χ2v) is 6.40. The highest BCUT2D eigenvalue weighted by Gasteiger charge is 2.38. The first-order chi connectivity index (χ1) is 11.3. The lowest BCUT2D eigenvalue weighted by Crippen LogP contribution is -2.50. The topological polar surface area (TPSA) is 63.9 Å². The molecule has 4 rings (SSSR count). The third kappa shape index (κ3) is 2.42. The van der Waals surface area contributed by atoms with Crippen LogP contribution in [0.4, 0.5) is 5.82 Å². The first-order valence-corrected chi connectivity index (χ1v) is 8.43. The predicted octanol–water partition coefficient (Wildman–Crippen LogP) is 2.32. The summed E-state index contributed by atoms with van der Waals surface area (Å²) in [5.74, 6) is 1.86. The van der Waals surface area contributed by atoms with Crippen molar-refractivity contribution in [2.75, 3.05) is 4.90 Å². The van der Waals surface area contributed by atoms with Crippen LogP contribution in [0.5, 0.6) is 0 Å². The third-order valence-electron chi connectivity index (χ3n) is 4.99. The van der Waals surface area contributed by atoms with Crippen molar-refractivity contribution in [2.45, 2.75) is 57.5 Å². The molecule has 0 saturated heterocycles. The van der Waals surface area contributed by atoms with E-state index in [1.807, 2.05) is 17.0 Å². The molecule has 120 valence electrons. The summed E-state index contributed by atoms with van der Waals surface area (Å²) in [6, 6.07) is 0.379. The van der Waals surface area contributed by atoms with Crippen LogP contribution in [-0.4, -0.2) is 37.4 Å². The molecule has 3 heterocycles. The van der Waals surface area contributed by atoms with Crippen LogP contribution in [0.3, 0.4) is 0 Å². The van der Waals surface area contributed by atoms with E-state index in [0.29, 0.717) is 24.2 Å². The number of Topliss-reactive ketones (excluding diaryl/α,β-unsaturated/α-hetero) is 1. The number of aromatic nitrogens is 4. The van der Waals surface area contributed by atoms with Gasteiger partial charge in [-0.05, 0) is 19.3 Å². The Bertz CT molecular complexity index is 706. The van der Waals surface area contributed by atoms with Gasteiger partial charge in [-0.2, -0.15) is 4.98 Å². The van der Waals surface area contributed by atoms with Crippen LogP contribution in [0.1, 0.15) is 44.6 Å². The summed E-state index contributed by atoms with van der Waals surface area (Å²) in [5.41, 5.74) is 0.954. The van der Waals surface area contributed by atoms with Crippen molar-refractivity contribution in [2.24, 2.45) is 0 Å². The molecule has 0 aromatic carbocycles. The van der Waals surface area contributed by atoms with Gasteiger partial charge in [-0.15, -0.1) is 0 Å². The molecule has 1 saturated carbocycles. The molecular formula is C17H21N5O. The van der Waals surface area contributed by atoms with Crippen LogP contribution in [0.15, 0.2) is 24.9 Å². The van der Waals surface area contributed by atoms with Crippen LogP contribution in [0.2, 0.25) is 0 Å². The molecule has 6 heteroatoms. The molecule has 0 spiro atoms. The normalized spacial score (nSPS) is 21.7. The molecule has 1 fully saturated rings. The van der Waals surface area contributed by atoms with E-state index in [0.717, 1.165) is 30.6 Å². The van der Waals surface area contributed by atoms with Crippen molar-refractivity contribution in [3.8, 4) is 5.95 Å². The molecule has 2 aromatic rings. The summed E-state index contributed by atoms with van der Waals surface area (Å²) in [6.45, 7) is 2.09. The van der Waals surface area contributed by atoms with Crippen LogP contribution in [-0.2, 0) is 11.2 Å². The average molecular weight is 311 g/mol. The Labute approximate surface area is 135 Å². The van der Waals surface area contributed by atoms with Gasteiger partial charge in [0.25, 0.3) is 0 Å². The van der Waals surface area contributed by atoms with Crippen molar-refractivity contribution in [3.63, 3.8) is 0 Å². The molecule has 0 unspecified atom stereocenters. The van der Waals surface area contributed by atoms with Crippen molar-refractivity contribution in [1.82, 2.24) is 19.5 Å². The Morgan fingerprint density at radius 2 is 2.13 bits per heavy atom. The van der Waals surface area contributed by atoms with E-state index in [2.05, 4.69) is 21.8 Å². The lowest BCUT2D eigenvalue weighted by Gasteiger charge is -2.40. The van der Waals surface area contributed by atoms with Crippen molar-refractivity contribution in [3.05, 3.63) is 30.5 Å². The maximum Gasteiger partial charge on any atom is 0.236 e. The first-order valence-electron chi connectivity index (χ1n) is 8.43. The SMILES string of the molecule is CC[C@@H]1C(=O)Cc2cnc(-n3ccnc3)nc2N1C1CCCC1. The van der Waals surface area contributed by atoms with E-state index in [-0.39, 0.29) is 6.04 Å². The van der Waals surface area contributed by atoms with E-state index < -0.39 is 0 Å². The summed E-state index contributed by atoms with van der Waals surface area (Å²) >= 11 is 0. The van der Waals surface area contributed by atoms with Gasteiger partial charge in [-0.1, -0.05) is 19.8 Å². The highest BCUT2D eigenvalue weighted by atomic mass is 16.1. The zero-order valence-corrected chi connectivity index (χ0v) is 13.4. The van der Waals surface area contributed by atoms with Crippen LogP contribution >= 0.6 is 0 Å². The lowest BCUT2D eigenvalue weighted by molar-refractivity contribution is -0.120. The molecule has 2 aromatic heterocycles. The average Bonchev–Trinajstić information content (AvgIpc) is 3.26. The number of hydrogen-bond acceptors (Lipinski definition) is 5. The van der Waals surface area contributed by atoms with E-state index in [4.69, 9.17) is 4.98 Å². The maximum atomic E-state index is 12.6. The van der Waals surface area contributed by atoms with Gasteiger partial charge in [0.1, 0.15) is 12.1 Å². The van der Waals surface area contributed by atoms with Gasteiger partial charge in [-0.3, -0.25) is 9.36 Å². The van der Waals surface area contributed by atoms with Gasteiger partial charge in [0.2, 0.25) is 5.95 Å². The maximum absolute atomic E-state index is 12.6. The Morgan fingerprint density at radius 3 is 2.83 bits per heavy atom. The first kappa shape index (κ1) is 14.4. The summed E-state index contributed by atoms with van der Waals surface area (Å²) in [4.78, 5) is 28.1. The summed E-state index contributed by atoms with van der Waals surface area (Å²) < 4.78 is 1.81. The fraction of sp³-hybridized carbons (Fsp3) is 0.529. The highest BCUT2D eigenvalue weighted by Crippen LogP contribution is 2.35. The zero-order valence-electron chi connectivity index (χ0n) is 13.4. The van der Waals surface area contributed by atoms with Crippen LogP contribution in [0, 0.1) is 0 Å². The monoisotopic (exact) mass is 311 g/mol. The molecule has 0 bridgehead atoms. The predicted molar refractivity (Wildman–Crippen MR) is 86.7 cm³/mol. The Kier molecular flexibility index (Phi) is 3.59. The summed E-state index contributed by atoms with van der Waals surface area (Å²) in [6.07, 6.45) is 13.1. The molecule has 1 aliphatic heterocycles. The second kappa shape index (κ2) is 5.76. The Morgan fingerprint density at radius 1 is 1.30 bits per heavy atom. The third-order valence-corrected chi connectivity index (χ3v) is 4.99. The van der Waals surface area contributed by atoms with Crippen LogP contribution < -0.4 is 4.90 Å². The number of nitrogens with zero attached hydrogens (tertiary/aromatic N) is 5. The molecule has 2 aliphatic rings. The molecule has 0 N–H and O–H groups in total. The lowest BCUT2D eigenvalue weighted by atomic mass is 9.94. The molecule has 23 heavy (non-hydrogen) atoms. The Hall–Kier alpha value is -2.24. The van der Waals surface area contributed by atoms with E-state index in [1.54, 1.807) is 12.5 Å². The van der Waals surface area contributed by atoms with Crippen molar-refractivity contribution < 1.29 is 4.79 Å². The number of rotatable bonds is 3. The molecular weight excluding hydrogens is 290 g/mol. The number of imidazole rings is 1. The van der Waals surface area contributed by atoms with Crippen molar-refractivity contribution in [1.29, 1.82) is 0 Å². The molecule has 1 atom stereocenters. The van der Waals surface area contributed by atoms with Gasteiger partial charge in [0.15, 0.2) is 5.78 Å². The fourth-order valence-electron chi connectivity index (χ4n) is 3.88. The Balaban J connectivity index is 1.80. The summed E-state index contributed by atoms with van der Waals surface area (Å²) in [7, 11) is 0. The number of hydrogen-bond donors (Lipinski definition) is 0. The van der Waals surface area contributed by atoms with E-state index in [9.17, 15) is 4.79 Å². The van der Waals surface area contributed by atoms with Gasteiger partial charge in [0.05, 0.1) is 6.04 Å². The smallest absolute Gasteiger partial charge is 0.236 e. The highest BCUT2D eigenvalue weighted by molar-refractivity contribution is 5.92. The van der Waals surface area contributed by atoms with Gasteiger partial charge >= 0.3 is 0 Å². The largest absolute Gasteiger partial charge is 0.343 e. The number of ketones is 1. The van der Waals surface area contributed by atoms with Crippen molar-refractivity contribution >= 4 is 11.6 Å². The van der Waals surface area contributed by atoms with E-state index in [1.165, 1.54) is 12.8 Å². The fourth-order valence-corrected chi connectivity index (χ4v) is 3.88. The summed E-state index contributed by atoms with van der Waals surface area (Å²) in [5, 5.41) is 0.